The Labute approximate surface area is 373 Å². The lowest BCUT2D eigenvalue weighted by molar-refractivity contribution is -0.611. The fourth-order valence-corrected chi connectivity index (χ4v) is 10.1. The number of carbonyl (C=O) groups excluding carboxylic acids is 2. The van der Waals surface area contributed by atoms with Crippen molar-refractivity contribution in [1.29, 1.82) is 0 Å². The number of amides is 2. The summed E-state index contributed by atoms with van der Waals surface area (Å²) in [6.45, 7) is 10.9. The van der Waals surface area contributed by atoms with E-state index in [4.69, 9.17) is 14.5 Å². The SMILES string of the molecule is C[C@@H](NC(=O)Cc1ccc(-c2cnc(CN3CCOCC3)[n+](-c3c(CN4CCOCC4)ccc(-c4ccc(CC(=O)N[C@H](C)C5CCCCC5)nc4)c3F)c2)cc1)C1CCCCC1. The number of aromatic nitrogens is 3. The van der Waals surface area contributed by atoms with E-state index in [1.165, 1.54) is 51.4 Å². The Hall–Kier alpha value is -4.62. The summed E-state index contributed by atoms with van der Waals surface area (Å²) in [4.78, 5) is 40.5. The molecule has 8 rings (SSSR count). The topological polar surface area (TPSA) is 113 Å². The second kappa shape index (κ2) is 21.8. The van der Waals surface area contributed by atoms with Crippen molar-refractivity contribution in [3.63, 3.8) is 0 Å². The summed E-state index contributed by atoms with van der Waals surface area (Å²) in [5, 5.41) is 6.47. The molecule has 2 aliphatic carbocycles. The number of nitrogens with zero attached hydrogens (tertiary/aromatic N) is 5. The lowest BCUT2D eigenvalue weighted by atomic mass is 9.84. The van der Waals surface area contributed by atoms with E-state index in [0.717, 1.165) is 67.1 Å². The van der Waals surface area contributed by atoms with Crippen LogP contribution in [0.25, 0.3) is 27.9 Å². The van der Waals surface area contributed by atoms with Crippen molar-refractivity contribution in [2.75, 3.05) is 52.6 Å². The molecule has 63 heavy (non-hydrogen) atoms. The largest absolute Gasteiger partial charge is 0.379 e. The predicted molar refractivity (Wildman–Crippen MR) is 242 cm³/mol. The van der Waals surface area contributed by atoms with Gasteiger partial charge in [-0.25, -0.2) is 4.39 Å². The summed E-state index contributed by atoms with van der Waals surface area (Å²) in [5.74, 6) is 1.45. The van der Waals surface area contributed by atoms with Gasteiger partial charge in [0.2, 0.25) is 11.8 Å². The molecule has 2 saturated heterocycles. The molecular weight excluding hydrogens is 794 g/mol. The van der Waals surface area contributed by atoms with Gasteiger partial charge in [0, 0.05) is 73.4 Å². The fourth-order valence-electron chi connectivity index (χ4n) is 10.1. The van der Waals surface area contributed by atoms with Gasteiger partial charge >= 0.3 is 5.82 Å². The Balaban J connectivity index is 1.08. The predicted octanol–water partition coefficient (Wildman–Crippen LogP) is 7.15. The fraction of sp³-hybridized carbons (Fsp3) is 0.549. The van der Waals surface area contributed by atoms with Crippen LogP contribution in [0.4, 0.5) is 4.39 Å². The van der Waals surface area contributed by atoms with Crippen LogP contribution < -0.4 is 15.2 Å². The summed E-state index contributed by atoms with van der Waals surface area (Å²) in [7, 11) is 0. The molecule has 2 saturated carbocycles. The van der Waals surface area contributed by atoms with Gasteiger partial charge in [0.15, 0.2) is 17.7 Å². The number of nitrogens with one attached hydrogen (secondary N) is 2. The van der Waals surface area contributed by atoms with Gasteiger partial charge in [-0.05, 0) is 68.6 Å². The molecule has 4 aromatic rings. The van der Waals surface area contributed by atoms with Gasteiger partial charge in [0.05, 0.1) is 44.8 Å². The zero-order valence-electron chi connectivity index (χ0n) is 37.5. The van der Waals surface area contributed by atoms with Crippen molar-refractivity contribution in [3.05, 3.63) is 95.6 Å². The first-order valence-electron chi connectivity index (χ1n) is 23.7. The highest BCUT2D eigenvalue weighted by Crippen LogP contribution is 2.31. The van der Waals surface area contributed by atoms with E-state index in [2.05, 4.69) is 39.3 Å². The van der Waals surface area contributed by atoms with Crippen LogP contribution in [0.1, 0.15) is 101 Å². The molecule has 2 amide bonds. The van der Waals surface area contributed by atoms with E-state index in [1.54, 1.807) is 6.20 Å². The van der Waals surface area contributed by atoms with E-state index in [-0.39, 0.29) is 36.1 Å². The first kappa shape index (κ1) is 45.0. The number of rotatable bonds is 15. The summed E-state index contributed by atoms with van der Waals surface area (Å²) in [6.07, 6.45) is 18.3. The average molecular weight is 861 g/mol. The number of hydrogen-bond donors (Lipinski definition) is 2. The summed E-state index contributed by atoms with van der Waals surface area (Å²) >= 11 is 0. The highest BCUT2D eigenvalue weighted by Gasteiger charge is 2.29. The van der Waals surface area contributed by atoms with Crippen molar-refractivity contribution in [2.45, 2.75) is 116 Å². The minimum atomic E-state index is -0.356. The lowest BCUT2D eigenvalue weighted by Crippen LogP contribution is -2.45. The highest BCUT2D eigenvalue weighted by atomic mass is 19.1. The molecule has 336 valence electrons. The molecular formula is C51H67FN7O4+. The minimum absolute atomic E-state index is 0.0366. The van der Waals surface area contributed by atoms with Crippen LogP contribution in [0.2, 0.25) is 0 Å². The molecule has 2 aromatic carbocycles. The summed E-state index contributed by atoms with van der Waals surface area (Å²) < 4.78 is 31.0. The van der Waals surface area contributed by atoms with Crippen LogP contribution in [0.15, 0.2) is 67.1 Å². The number of hydrogen-bond acceptors (Lipinski definition) is 8. The lowest BCUT2D eigenvalue weighted by Gasteiger charge is -2.28. The van der Waals surface area contributed by atoms with Gasteiger partial charge in [-0.3, -0.25) is 24.4 Å². The van der Waals surface area contributed by atoms with Crippen molar-refractivity contribution >= 4 is 11.8 Å². The van der Waals surface area contributed by atoms with Crippen LogP contribution in [0, 0.1) is 17.7 Å². The second-order valence-electron chi connectivity index (χ2n) is 18.4. The van der Waals surface area contributed by atoms with Crippen LogP contribution in [0.5, 0.6) is 0 Å². The molecule has 2 atom stereocenters. The maximum Gasteiger partial charge on any atom is 0.317 e. The average Bonchev–Trinajstić information content (AvgIpc) is 3.31. The Kier molecular flexibility index (Phi) is 15.6. The minimum Gasteiger partial charge on any atom is -0.379 e. The van der Waals surface area contributed by atoms with Crippen LogP contribution in [-0.4, -0.2) is 96.3 Å². The van der Waals surface area contributed by atoms with Gasteiger partial charge in [0.25, 0.3) is 0 Å². The maximum atomic E-state index is 17.7. The first-order chi connectivity index (χ1) is 30.8. The number of pyridine rings is 1. The Morgan fingerprint density at radius 1 is 0.683 bits per heavy atom. The highest BCUT2D eigenvalue weighted by molar-refractivity contribution is 5.79. The molecule has 4 aliphatic rings. The van der Waals surface area contributed by atoms with E-state index >= 15 is 4.39 Å². The van der Waals surface area contributed by atoms with Gasteiger partial charge < -0.3 is 20.1 Å². The van der Waals surface area contributed by atoms with Gasteiger partial charge in [-0.1, -0.05) is 86.0 Å². The summed E-state index contributed by atoms with van der Waals surface area (Å²) in [6, 6.07) is 16.0. The Morgan fingerprint density at radius 2 is 1.24 bits per heavy atom. The number of morpholine rings is 2. The molecule has 4 fully saturated rings. The van der Waals surface area contributed by atoms with Gasteiger partial charge in [0.1, 0.15) is 12.7 Å². The third kappa shape index (κ3) is 11.9. The molecule has 0 radical (unpaired) electrons. The molecule has 2 aromatic heterocycles. The van der Waals surface area contributed by atoms with E-state index in [9.17, 15) is 9.59 Å². The third-order valence-electron chi connectivity index (χ3n) is 13.9. The molecule has 4 heterocycles. The van der Waals surface area contributed by atoms with Gasteiger partial charge in [-0.15, -0.1) is 0 Å². The molecule has 2 aliphatic heterocycles. The van der Waals surface area contributed by atoms with Crippen molar-refractivity contribution in [2.24, 2.45) is 11.8 Å². The molecule has 2 N–H and O–H groups in total. The van der Waals surface area contributed by atoms with Crippen LogP contribution in [0.3, 0.4) is 0 Å². The van der Waals surface area contributed by atoms with Crippen molar-refractivity contribution < 1.29 is 28.0 Å². The summed E-state index contributed by atoms with van der Waals surface area (Å²) in [5.41, 5.74) is 5.73. The molecule has 12 heteroatoms. The molecule has 0 spiro atoms. The number of carbonyl (C=O) groups is 2. The van der Waals surface area contributed by atoms with Crippen molar-refractivity contribution in [1.82, 2.24) is 30.4 Å². The van der Waals surface area contributed by atoms with E-state index < -0.39 is 0 Å². The van der Waals surface area contributed by atoms with Crippen LogP contribution >= 0.6 is 0 Å². The number of benzene rings is 2. The first-order valence-corrected chi connectivity index (χ1v) is 23.7. The Bertz CT molecular complexity index is 2130. The maximum absolute atomic E-state index is 17.7. The number of halogens is 1. The zero-order chi connectivity index (χ0) is 43.5. The quantitative estimate of drug-likeness (QED) is 0.121. The van der Waals surface area contributed by atoms with E-state index in [1.807, 2.05) is 65.5 Å². The third-order valence-corrected chi connectivity index (χ3v) is 13.9. The molecule has 0 unspecified atom stereocenters. The van der Waals surface area contributed by atoms with Crippen LogP contribution in [-0.2, 0) is 45.0 Å². The van der Waals surface area contributed by atoms with Gasteiger partial charge in [-0.2, -0.15) is 4.57 Å². The smallest absolute Gasteiger partial charge is 0.317 e. The molecule has 11 nitrogen and oxygen atoms in total. The van der Waals surface area contributed by atoms with Crippen molar-refractivity contribution in [3.8, 4) is 27.9 Å². The van der Waals surface area contributed by atoms with E-state index in [0.29, 0.717) is 80.3 Å². The Morgan fingerprint density at radius 3 is 1.83 bits per heavy atom. The normalized spacial score (nSPS) is 19.3. The second-order valence-corrected chi connectivity index (χ2v) is 18.4. The monoisotopic (exact) mass is 861 g/mol. The standard InChI is InChI=1S/C51H66FN7O4/c1-36(39-9-5-3-6-10-39)55-48(60)29-38-13-15-41(16-14-38)44-32-54-47(35-58-23-27-63-28-24-58)59(34-44)51-43(33-57-21-25-62-26-22-57)18-20-46(50(51)52)42-17-19-45(53-31-42)30-49(61)56-37(2)40-11-7-4-8-12-40/h13-20,31-32,34,36-37,39-40H,3-12,21-30,33,35H2,1-2H3,(H-,55,56,60,61)/p+1/t36-,37-/m1/s1. The zero-order valence-corrected chi connectivity index (χ0v) is 37.5. The number of ether oxygens (including phenoxy) is 2. The molecule has 0 bridgehead atoms.